The molecular formula is C16H22N2O6S. The van der Waals surface area contributed by atoms with E-state index in [-0.39, 0.29) is 23.8 Å². The Morgan fingerprint density at radius 2 is 1.84 bits per heavy atom. The third-order valence-electron chi connectivity index (χ3n) is 4.20. The van der Waals surface area contributed by atoms with Crippen molar-refractivity contribution in [3.8, 4) is 5.75 Å². The van der Waals surface area contributed by atoms with Gasteiger partial charge in [-0.1, -0.05) is 0 Å². The van der Waals surface area contributed by atoms with Crippen molar-refractivity contribution in [3.63, 3.8) is 0 Å². The summed E-state index contributed by atoms with van der Waals surface area (Å²) in [6.07, 6.45) is 0.893. The topological polar surface area (TPSA) is 113 Å². The van der Waals surface area contributed by atoms with Gasteiger partial charge in [0.15, 0.2) is 0 Å². The number of likely N-dealkylation sites (tertiary alicyclic amines) is 1. The van der Waals surface area contributed by atoms with Crippen LogP contribution in [0, 0.1) is 5.92 Å². The Bertz CT molecular complexity index is 709. The van der Waals surface area contributed by atoms with Gasteiger partial charge in [-0.25, -0.2) is 13.1 Å². The smallest absolute Gasteiger partial charge is 0.306 e. The predicted octanol–water partition coefficient (Wildman–Crippen LogP) is 0.687. The number of hydrogen-bond acceptors (Lipinski definition) is 5. The Kier molecular flexibility index (Phi) is 6.38. The van der Waals surface area contributed by atoms with Crippen LogP contribution in [0.1, 0.15) is 19.3 Å². The van der Waals surface area contributed by atoms with Crippen LogP contribution in [-0.2, 0) is 19.6 Å². The van der Waals surface area contributed by atoms with Gasteiger partial charge >= 0.3 is 5.97 Å². The van der Waals surface area contributed by atoms with Crippen LogP contribution >= 0.6 is 0 Å². The summed E-state index contributed by atoms with van der Waals surface area (Å²) in [6.45, 7) is 0.772. The van der Waals surface area contributed by atoms with Gasteiger partial charge in [0.1, 0.15) is 5.75 Å². The number of amides is 1. The number of carbonyl (C=O) groups excluding carboxylic acids is 1. The molecule has 8 nitrogen and oxygen atoms in total. The first-order valence-electron chi connectivity index (χ1n) is 7.98. The molecule has 0 aliphatic carbocycles. The predicted molar refractivity (Wildman–Crippen MR) is 89.7 cm³/mol. The molecule has 0 unspecified atom stereocenters. The van der Waals surface area contributed by atoms with Crippen molar-refractivity contribution < 1.29 is 27.9 Å². The second-order valence-corrected chi connectivity index (χ2v) is 7.58. The van der Waals surface area contributed by atoms with Crippen molar-refractivity contribution in [1.29, 1.82) is 0 Å². The van der Waals surface area contributed by atoms with Gasteiger partial charge in [0, 0.05) is 26.1 Å². The summed E-state index contributed by atoms with van der Waals surface area (Å²) in [5, 5.41) is 8.95. The van der Waals surface area contributed by atoms with E-state index in [1.807, 2.05) is 0 Å². The number of piperidine rings is 1. The lowest BCUT2D eigenvalue weighted by molar-refractivity contribution is -0.145. The van der Waals surface area contributed by atoms with E-state index < -0.39 is 21.9 Å². The van der Waals surface area contributed by atoms with E-state index in [1.165, 1.54) is 19.2 Å². The molecule has 1 aromatic rings. The monoisotopic (exact) mass is 370 g/mol. The van der Waals surface area contributed by atoms with E-state index >= 15 is 0 Å². The molecule has 1 fully saturated rings. The fourth-order valence-electron chi connectivity index (χ4n) is 2.66. The molecule has 0 spiro atoms. The average molecular weight is 370 g/mol. The molecule has 1 aromatic carbocycles. The first-order chi connectivity index (χ1) is 11.8. The van der Waals surface area contributed by atoms with Crippen LogP contribution in [0.3, 0.4) is 0 Å². The number of nitrogens with zero attached hydrogens (tertiary/aromatic N) is 1. The number of ether oxygens (including phenoxy) is 1. The molecule has 138 valence electrons. The van der Waals surface area contributed by atoms with E-state index in [2.05, 4.69) is 4.72 Å². The minimum atomic E-state index is -3.69. The van der Waals surface area contributed by atoms with Crippen molar-refractivity contribution in [2.75, 3.05) is 26.7 Å². The van der Waals surface area contributed by atoms with Crippen LogP contribution in [0.15, 0.2) is 29.2 Å². The number of carboxylic acid groups (broad SMARTS) is 1. The van der Waals surface area contributed by atoms with E-state index in [0.29, 0.717) is 31.7 Å². The number of carboxylic acids is 1. The van der Waals surface area contributed by atoms with Crippen molar-refractivity contribution in [1.82, 2.24) is 9.62 Å². The zero-order valence-electron chi connectivity index (χ0n) is 14.0. The number of methoxy groups -OCH3 is 1. The van der Waals surface area contributed by atoms with Gasteiger partial charge < -0.3 is 14.7 Å². The third-order valence-corrected chi connectivity index (χ3v) is 5.67. The van der Waals surface area contributed by atoms with Gasteiger partial charge in [-0.15, -0.1) is 0 Å². The summed E-state index contributed by atoms with van der Waals surface area (Å²) in [4.78, 5) is 24.7. The van der Waals surface area contributed by atoms with Gasteiger partial charge in [-0.3, -0.25) is 9.59 Å². The second kappa shape index (κ2) is 8.30. The van der Waals surface area contributed by atoms with Crippen molar-refractivity contribution in [2.45, 2.75) is 24.2 Å². The first kappa shape index (κ1) is 19.2. The number of benzene rings is 1. The van der Waals surface area contributed by atoms with Crippen molar-refractivity contribution in [2.24, 2.45) is 5.92 Å². The number of sulfonamides is 1. The highest BCUT2D eigenvalue weighted by Gasteiger charge is 2.26. The lowest BCUT2D eigenvalue weighted by Gasteiger charge is -2.30. The van der Waals surface area contributed by atoms with Gasteiger partial charge in [0.25, 0.3) is 0 Å². The molecule has 2 rings (SSSR count). The highest BCUT2D eigenvalue weighted by Crippen LogP contribution is 2.18. The summed E-state index contributed by atoms with van der Waals surface area (Å²) in [5.41, 5.74) is 0. The third kappa shape index (κ3) is 5.17. The van der Waals surface area contributed by atoms with E-state index in [4.69, 9.17) is 9.84 Å². The molecule has 0 bridgehead atoms. The highest BCUT2D eigenvalue weighted by molar-refractivity contribution is 7.89. The van der Waals surface area contributed by atoms with Gasteiger partial charge in [0.2, 0.25) is 15.9 Å². The molecule has 1 heterocycles. The molecule has 25 heavy (non-hydrogen) atoms. The number of rotatable bonds is 7. The number of aliphatic carboxylic acids is 1. The SMILES string of the molecule is COc1ccc(S(=O)(=O)NCCC(=O)N2CCC(C(=O)O)CC2)cc1. The Labute approximate surface area is 146 Å². The number of carbonyl (C=O) groups is 2. The molecule has 2 N–H and O–H groups in total. The lowest BCUT2D eigenvalue weighted by Crippen LogP contribution is -2.41. The summed E-state index contributed by atoms with van der Waals surface area (Å²) in [7, 11) is -2.19. The van der Waals surface area contributed by atoms with Gasteiger partial charge in [-0.2, -0.15) is 0 Å². The fraction of sp³-hybridized carbons (Fsp3) is 0.500. The minimum Gasteiger partial charge on any atom is -0.497 e. The summed E-state index contributed by atoms with van der Waals surface area (Å²) < 4.78 is 31.7. The molecule has 1 aliphatic rings. The van der Waals surface area contributed by atoms with Crippen LogP contribution in [-0.4, -0.2) is 57.0 Å². The Morgan fingerprint density at radius 3 is 2.36 bits per heavy atom. The lowest BCUT2D eigenvalue weighted by atomic mass is 9.97. The second-order valence-electron chi connectivity index (χ2n) is 5.82. The molecule has 1 amide bonds. The quantitative estimate of drug-likeness (QED) is 0.730. The zero-order valence-corrected chi connectivity index (χ0v) is 14.8. The van der Waals surface area contributed by atoms with Crippen LogP contribution in [0.5, 0.6) is 5.75 Å². The normalized spacial score (nSPS) is 15.8. The summed E-state index contributed by atoms with van der Waals surface area (Å²) >= 11 is 0. The zero-order chi connectivity index (χ0) is 18.4. The van der Waals surface area contributed by atoms with E-state index in [0.717, 1.165) is 0 Å². The number of hydrogen-bond donors (Lipinski definition) is 2. The Morgan fingerprint density at radius 1 is 1.24 bits per heavy atom. The maximum absolute atomic E-state index is 12.2. The Hall–Kier alpha value is -2.13. The summed E-state index contributed by atoms with van der Waals surface area (Å²) in [6, 6.07) is 5.96. The van der Waals surface area contributed by atoms with Crippen LogP contribution in [0.2, 0.25) is 0 Å². The minimum absolute atomic E-state index is 0.00788. The highest BCUT2D eigenvalue weighted by atomic mass is 32.2. The van der Waals surface area contributed by atoms with E-state index in [1.54, 1.807) is 17.0 Å². The van der Waals surface area contributed by atoms with Crippen molar-refractivity contribution in [3.05, 3.63) is 24.3 Å². The molecule has 0 aromatic heterocycles. The fourth-order valence-corrected chi connectivity index (χ4v) is 3.70. The van der Waals surface area contributed by atoms with Crippen molar-refractivity contribution >= 4 is 21.9 Å². The molecule has 1 saturated heterocycles. The molecule has 0 atom stereocenters. The first-order valence-corrected chi connectivity index (χ1v) is 9.46. The molecular weight excluding hydrogens is 348 g/mol. The van der Waals surface area contributed by atoms with Gasteiger partial charge in [0.05, 0.1) is 17.9 Å². The maximum atomic E-state index is 12.2. The number of nitrogens with one attached hydrogen (secondary N) is 1. The Balaban J connectivity index is 1.81. The maximum Gasteiger partial charge on any atom is 0.306 e. The van der Waals surface area contributed by atoms with E-state index in [9.17, 15) is 18.0 Å². The molecule has 0 radical (unpaired) electrons. The molecule has 1 aliphatic heterocycles. The standard InChI is InChI=1S/C16H22N2O6S/c1-24-13-2-4-14(5-3-13)25(22,23)17-9-6-15(19)18-10-7-12(8-11-18)16(20)21/h2-5,12,17H,6-11H2,1H3,(H,20,21). The largest absolute Gasteiger partial charge is 0.497 e. The molecule has 0 saturated carbocycles. The molecule has 9 heteroatoms. The van der Waals surface area contributed by atoms with Crippen LogP contribution < -0.4 is 9.46 Å². The average Bonchev–Trinajstić information content (AvgIpc) is 2.61. The van der Waals surface area contributed by atoms with Crippen LogP contribution in [0.25, 0.3) is 0 Å². The van der Waals surface area contributed by atoms with Crippen LogP contribution in [0.4, 0.5) is 0 Å². The summed E-state index contributed by atoms with van der Waals surface area (Å²) in [5.74, 6) is -0.864. The van der Waals surface area contributed by atoms with Gasteiger partial charge in [-0.05, 0) is 37.1 Å².